The Bertz CT molecular complexity index is 634. The standard InChI is InChI=1S/C21H33N3OS2/c1-16-8-10-17(11-9-16)19(24-27-21(2,3)4)13-12-18(23-15-26-7)14-20(22-5)25-6/h8-11,14,19,24H,5,12-13,15H2,1-4,6-7H3/b20-14+,23-18-. The summed E-state index contributed by atoms with van der Waals surface area (Å²) in [6.07, 6.45) is 5.69. The van der Waals surface area contributed by atoms with Crippen molar-refractivity contribution in [3.8, 4) is 0 Å². The summed E-state index contributed by atoms with van der Waals surface area (Å²) in [7, 11) is 1.60. The van der Waals surface area contributed by atoms with Crippen LogP contribution in [0.15, 0.2) is 46.2 Å². The Hall–Kier alpha value is -1.24. The predicted octanol–water partition coefficient (Wildman–Crippen LogP) is 5.80. The number of hydrogen-bond donors (Lipinski definition) is 1. The van der Waals surface area contributed by atoms with Gasteiger partial charge in [-0.25, -0.2) is 4.99 Å². The van der Waals surface area contributed by atoms with Gasteiger partial charge in [0.05, 0.1) is 13.0 Å². The average Bonchev–Trinajstić information content (AvgIpc) is 2.63. The predicted molar refractivity (Wildman–Crippen MR) is 124 cm³/mol. The number of rotatable bonds is 11. The van der Waals surface area contributed by atoms with Gasteiger partial charge in [-0.05, 0) is 59.1 Å². The Morgan fingerprint density at radius 3 is 2.48 bits per heavy atom. The third-order valence-corrected chi connectivity index (χ3v) is 5.13. The van der Waals surface area contributed by atoms with E-state index in [1.807, 2.05) is 12.3 Å². The van der Waals surface area contributed by atoms with Crippen LogP contribution in [0.5, 0.6) is 0 Å². The molecule has 0 aliphatic heterocycles. The number of aryl methyl sites for hydroxylation is 1. The second-order valence-electron chi connectivity index (χ2n) is 7.25. The van der Waals surface area contributed by atoms with E-state index in [9.17, 15) is 0 Å². The highest BCUT2D eigenvalue weighted by molar-refractivity contribution is 7.98. The maximum Gasteiger partial charge on any atom is 0.214 e. The number of allylic oxidation sites excluding steroid dienone is 1. The normalized spacial score (nSPS) is 14.1. The van der Waals surface area contributed by atoms with Crippen LogP contribution in [0, 0.1) is 6.92 Å². The van der Waals surface area contributed by atoms with E-state index in [0.717, 1.165) is 24.4 Å². The fourth-order valence-electron chi connectivity index (χ4n) is 2.29. The summed E-state index contributed by atoms with van der Waals surface area (Å²) < 4.78 is 9.04. The van der Waals surface area contributed by atoms with Gasteiger partial charge in [0.1, 0.15) is 0 Å². The van der Waals surface area contributed by atoms with Crippen LogP contribution < -0.4 is 4.72 Å². The fourth-order valence-corrected chi connectivity index (χ4v) is 3.33. The van der Waals surface area contributed by atoms with E-state index in [0.29, 0.717) is 5.88 Å². The number of thioether (sulfide) groups is 1. The largest absolute Gasteiger partial charge is 0.481 e. The molecular formula is C21H33N3OS2. The molecule has 0 amide bonds. The molecule has 0 aliphatic carbocycles. The highest BCUT2D eigenvalue weighted by Crippen LogP contribution is 2.28. The minimum Gasteiger partial charge on any atom is -0.481 e. The molecule has 0 bridgehead atoms. The van der Waals surface area contributed by atoms with Crippen molar-refractivity contribution in [3.63, 3.8) is 0 Å². The molecule has 150 valence electrons. The van der Waals surface area contributed by atoms with Gasteiger partial charge in [0.15, 0.2) is 0 Å². The lowest BCUT2D eigenvalue weighted by Crippen LogP contribution is -2.22. The molecule has 27 heavy (non-hydrogen) atoms. The van der Waals surface area contributed by atoms with Crippen molar-refractivity contribution < 1.29 is 4.74 Å². The van der Waals surface area contributed by atoms with E-state index in [2.05, 4.69) is 73.4 Å². The van der Waals surface area contributed by atoms with Gasteiger partial charge in [-0.2, -0.15) is 0 Å². The highest BCUT2D eigenvalue weighted by Gasteiger charge is 2.17. The van der Waals surface area contributed by atoms with Crippen molar-refractivity contribution in [2.45, 2.75) is 51.3 Å². The Morgan fingerprint density at radius 2 is 1.96 bits per heavy atom. The van der Waals surface area contributed by atoms with Crippen LogP contribution >= 0.6 is 23.7 Å². The molecule has 1 N–H and O–H groups in total. The van der Waals surface area contributed by atoms with Crippen LogP contribution in [-0.2, 0) is 4.74 Å². The first-order valence-corrected chi connectivity index (χ1v) is 11.2. The Kier molecular flexibility index (Phi) is 10.8. The molecule has 0 fully saturated rings. The van der Waals surface area contributed by atoms with Crippen LogP contribution in [0.25, 0.3) is 0 Å². The number of aliphatic imine (C=N–C) groups is 2. The first-order chi connectivity index (χ1) is 12.8. The Balaban J connectivity index is 2.95. The molecule has 0 saturated carbocycles. The van der Waals surface area contributed by atoms with Gasteiger partial charge >= 0.3 is 0 Å². The van der Waals surface area contributed by atoms with Gasteiger partial charge in [0, 0.05) is 22.6 Å². The van der Waals surface area contributed by atoms with E-state index >= 15 is 0 Å². The molecular weight excluding hydrogens is 374 g/mol. The topological polar surface area (TPSA) is 46.0 Å². The minimum atomic E-state index is 0.147. The number of nitrogens with one attached hydrogen (secondary N) is 1. The van der Waals surface area contributed by atoms with Crippen LogP contribution in [0.1, 0.15) is 50.8 Å². The molecule has 1 aromatic carbocycles. The van der Waals surface area contributed by atoms with Crippen LogP contribution in [0.4, 0.5) is 0 Å². The van der Waals surface area contributed by atoms with E-state index in [4.69, 9.17) is 4.74 Å². The van der Waals surface area contributed by atoms with Gasteiger partial charge < -0.3 is 4.74 Å². The van der Waals surface area contributed by atoms with Gasteiger partial charge in [-0.1, -0.05) is 41.8 Å². The number of hydrogen-bond acceptors (Lipinski definition) is 6. The molecule has 4 nitrogen and oxygen atoms in total. The minimum absolute atomic E-state index is 0.147. The van der Waals surface area contributed by atoms with E-state index in [-0.39, 0.29) is 10.8 Å². The van der Waals surface area contributed by atoms with E-state index in [1.54, 1.807) is 30.8 Å². The molecule has 0 aliphatic rings. The third-order valence-electron chi connectivity index (χ3n) is 3.73. The first-order valence-electron chi connectivity index (χ1n) is 9.04. The van der Waals surface area contributed by atoms with Gasteiger partial charge in [0.2, 0.25) is 5.88 Å². The van der Waals surface area contributed by atoms with Crippen molar-refractivity contribution in [3.05, 3.63) is 47.4 Å². The number of methoxy groups -OCH3 is 1. The fraction of sp³-hybridized carbons (Fsp3) is 0.524. The summed E-state index contributed by atoms with van der Waals surface area (Å²) in [4.78, 5) is 8.57. The van der Waals surface area contributed by atoms with Crippen LogP contribution in [-0.4, -0.2) is 36.4 Å². The molecule has 0 heterocycles. The van der Waals surface area contributed by atoms with Crippen molar-refractivity contribution in [1.82, 2.24) is 4.72 Å². The van der Waals surface area contributed by atoms with Crippen molar-refractivity contribution in [1.29, 1.82) is 0 Å². The lowest BCUT2D eigenvalue weighted by atomic mass is 10.00. The van der Waals surface area contributed by atoms with E-state index in [1.165, 1.54) is 11.1 Å². The lowest BCUT2D eigenvalue weighted by molar-refractivity contribution is 0.289. The van der Waals surface area contributed by atoms with Crippen molar-refractivity contribution in [2.75, 3.05) is 19.2 Å². The van der Waals surface area contributed by atoms with Gasteiger partial charge in [0.25, 0.3) is 0 Å². The molecule has 1 atom stereocenters. The number of nitrogens with zero attached hydrogens (tertiary/aromatic N) is 2. The zero-order chi connectivity index (χ0) is 20.3. The molecule has 6 heteroatoms. The summed E-state index contributed by atoms with van der Waals surface area (Å²) in [5.41, 5.74) is 3.54. The SMILES string of the molecule is C=N/C(=C\C(CCC(NSC(C)(C)C)c1ccc(C)cc1)=N/CSC)OC. The number of ether oxygens (including phenoxy) is 1. The lowest BCUT2D eigenvalue weighted by Gasteiger charge is -2.24. The quantitative estimate of drug-likeness (QED) is 0.286. The van der Waals surface area contributed by atoms with Crippen molar-refractivity contribution in [2.24, 2.45) is 9.98 Å². The van der Waals surface area contributed by atoms with Crippen LogP contribution in [0.3, 0.4) is 0 Å². The molecule has 0 aromatic heterocycles. The first kappa shape index (κ1) is 23.8. The summed E-state index contributed by atoms with van der Waals surface area (Å²) in [6.45, 7) is 12.3. The summed E-state index contributed by atoms with van der Waals surface area (Å²) in [5, 5.41) is 0. The van der Waals surface area contributed by atoms with Gasteiger partial charge in [-0.15, -0.1) is 11.8 Å². The molecule has 0 spiro atoms. The zero-order valence-corrected chi connectivity index (χ0v) is 19.0. The maximum absolute atomic E-state index is 5.23. The zero-order valence-electron chi connectivity index (χ0n) is 17.4. The average molecular weight is 408 g/mol. The smallest absolute Gasteiger partial charge is 0.214 e. The Morgan fingerprint density at radius 1 is 1.30 bits per heavy atom. The highest BCUT2D eigenvalue weighted by atomic mass is 32.2. The monoisotopic (exact) mass is 407 g/mol. The van der Waals surface area contributed by atoms with Crippen LogP contribution in [0.2, 0.25) is 0 Å². The van der Waals surface area contributed by atoms with Crippen molar-refractivity contribution >= 4 is 36.1 Å². The molecule has 1 unspecified atom stereocenters. The summed E-state index contributed by atoms with van der Waals surface area (Å²) >= 11 is 3.47. The molecule has 1 aromatic rings. The second-order valence-corrected chi connectivity index (χ2v) is 9.75. The molecule has 1 rings (SSSR count). The summed E-state index contributed by atoms with van der Waals surface area (Å²) in [6, 6.07) is 8.98. The maximum atomic E-state index is 5.23. The molecule has 0 saturated heterocycles. The summed E-state index contributed by atoms with van der Waals surface area (Å²) in [5.74, 6) is 1.22. The molecule has 0 radical (unpaired) electrons. The number of benzene rings is 1. The second kappa shape index (κ2) is 12.3. The third kappa shape index (κ3) is 10.0. The van der Waals surface area contributed by atoms with Gasteiger partial charge in [-0.3, -0.25) is 9.71 Å². The Labute approximate surface area is 173 Å². The van der Waals surface area contributed by atoms with E-state index < -0.39 is 0 Å².